The molecule has 0 amide bonds. The van der Waals surface area contributed by atoms with Crippen molar-refractivity contribution in [2.45, 2.75) is 90.9 Å². The minimum absolute atomic E-state index is 0.860. The molecular formula is C18H37N. The summed E-state index contributed by atoms with van der Waals surface area (Å²) in [5.41, 5.74) is 5.48. The normalized spacial score (nSPS) is 13.2. The Morgan fingerprint density at radius 1 is 0.842 bits per heavy atom. The van der Waals surface area contributed by atoms with E-state index in [2.05, 4.69) is 26.0 Å². The highest BCUT2D eigenvalue weighted by Crippen LogP contribution is 2.14. The van der Waals surface area contributed by atoms with Crippen molar-refractivity contribution in [1.82, 2.24) is 0 Å². The van der Waals surface area contributed by atoms with E-state index in [0.717, 1.165) is 12.5 Å². The quantitative estimate of drug-likeness (QED) is 0.310. The van der Waals surface area contributed by atoms with Crippen LogP contribution in [0.2, 0.25) is 0 Å². The van der Waals surface area contributed by atoms with Crippen LogP contribution in [0, 0.1) is 5.92 Å². The lowest BCUT2D eigenvalue weighted by Crippen LogP contribution is -1.97. The standard InChI is InChI=1S/C18H37N/c1-3-4-12-15-18(2)16-13-10-8-6-5-7-9-11-14-17-19/h10,13,18H,3-9,11-12,14-17,19H2,1-2H3/b13-10-. The first kappa shape index (κ1) is 18.7. The van der Waals surface area contributed by atoms with Crippen LogP contribution < -0.4 is 5.73 Å². The SMILES string of the molecule is CCCCCC(C)C/C=C\CCCCCCCCN. The molecule has 0 bridgehead atoms. The maximum atomic E-state index is 5.48. The van der Waals surface area contributed by atoms with Gasteiger partial charge in [-0.1, -0.05) is 77.4 Å². The Balaban J connectivity index is 3.20. The zero-order valence-corrected chi connectivity index (χ0v) is 13.5. The molecule has 0 fully saturated rings. The van der Waals surface area contributed by atoms with Crippen LogP contribution in [0.3, 0.4) is 0 Å². The zero-order chi connectivity index (χ0) is 14.2. The first-order valence-electron chi connectivity index (χ1n) is 8.66. The Morgan fingerprint density at radius 3 is 2.21 bits per heavy atom. The molecule has 1 atom stereocenters. The van der Waals surface area contributed by atoms with Crippen LogP contribution in [0.4, 0.5) is 0 Å². The van der Waals surface area contributed by atoms with Crippen LogP contribution in [-0.4, -0.2) is 6.54 Å². The van der Waals surface area contributed by atoms with Crippen molar-refractivity contribution in [3.8, 4) is 0 Å². The summed E-state index contributed by atoms with van der Waals surface area (Å²) in [5.74, 6) is 0.874. The summed E-state index contributed by atoms with van der Waals surface area (Å²) in [6.45, 7) is 5.53. The van der Waals surface area contributed by atoms with Crippen molar-refractivity contribution >= 4 is 0 Å². The van der Waals surface area contributed by atoms with Gasteiger partial charge in [0.15, 0.2) is 0 Å². The second kappa shape index (κ2) is 15.8. The van der Waals surface area contributed by atoms with Gasteiger partial charge in [0, 0.05) is 0 Å². The Morgan fingerprint density at radius 2 is 1.53 bits per heavy atom. The van der Waals surface area contributed by atoms with Crippen LogP contribution in [0.15, 0.2) is 12.2 Å². The predicted molar refractivity (Wildman–Crippen MR) is 88.4 cm³/mol. The van der Waals surface area contributed by atoms with Gasteiger partial charge in [0.1, 0.15) is 0 Å². The number of unbranched alkanes of at least 4 members (excludes halogenated alkanes) is 8. The van der Waals surface area contributed by atoms with E-state index in [1.807, 2.05) is 0 Å². The molecule has 0 aliphatic rings. The van der Waals surface area contributed by atoms with Crippen molar-refractivity contribution in [3.63, 3.8) is 0 Å². The molecule has 0 saturated heterocycles. The summed E-state index contributed by atoms with van der Waals surface area (Å²) in [7, 11) is 0. The van der Waals surface area contributed by atoms with Gasteiger partial charge in [-0.3, -0.25) is 0 Å². The van der Waals surface area contributed by atoms with Crippen LogP contribution in [-0.2, 0) is 0 Å². The molecule has 19 heavy (non-hydrogen) atoms. The van der Waals surface area contributed by atoms with Gasteiger partial charge >= 0.3 is 0 Å². The lowest BCUT2D eigenvalue weighted by Gasteiger charge is -2.07. The summed E-state index contributed by atoms with van der Waals surface area (Å²) in [4.78, 5) is 0. The third-order valence-electron chi connectivity index (χ3n) is 3.83. The third-order valence-corrected chi connectivity index (χ3v) is 3.83. The molecule has 0 aliphatic carbocycles. The minimum Gasteiger partial charge on any atom is -0.330 e. The molecule has 1 unspecified atom stereocenters. The maximum absolute atomic E-state index is 5.48. The van der Waals surface area contributed by atoms with Gasteiger partial charge in [-0.15, -0.1) is 0 Å². The lowest BCUT2D eigenvalue weighted by atomic mass is 9.99. The fraction of sp³-hybridized carbons (Fsp3) is 0.889. The molecule has 0 heterocycles. The van der Waals surface area contributed by atoms with E-state index in [4.69, 9.17) is 5.73 Å². The highest BCUT2D eigenvalue weighted by molar-refractivity contribution is 4.83. The first-order chi connectivity index (χ1) is 9.31. The van der Waals surface area contributed by atoms with E-state index in [-0.39, 0.29) is 0 Å². The summed E-state index contributed by atoms with van der Waals surface area (Å²) in [5, 5.41) is 0. The Labute approximate surface area is 122 Å². The van der Waals surface area contributed by atoms with Gasteiger partial charge in [-0.2, -0.15) is 0 Å². The summed E-state index contributed by atoms with van der Waals surface area (Å²) < 4.78 is 0. The predicted octanol–water partition coefficient (Wildman–Crippen LogP) is 5.84. The highest BCUT2D eigenvalue weighted by Gasteiger charge is 1.98. The van der Waals surface area contributed by atoms with Crippen molar-refractivity contribution in [3.05, 3.63) is 12.2 Å². The van der Waals surface area contributed by atoms with E-state index < -0.39 is 0 Å². The summed E-state index contributed by atoms with van der Waals surface area (Å²) >= 11 is 0. The molecular weight excluding hydrogens is 230 g/mol. The number of allylic oxidation sites excluding steroid dienone is 2. The molecule has 0 aromatic rings. The molecule has 0 spiro atoms. The van der Waals surface area contributed by atoms with E-state index >= 15 is 0 Å². The second-order valence-corrected chi connectivity index (χ2v) is 6.01. The molecule has 0 aliphatic heterocycles. The molecule has 1 nitrogen and oxygen atoms in total. The van der Waals surface area contributed by atoms with E-state index in [1.54, 1.807) is 0 Å². The zero-order valence-electron chi connectivity index (χ0n) is 13.5. The number of rotatable bonds is 14. The van der Waals surface area contributed by atoms with Crippen molar-refractivity contribution in [2.75, 3.05) is 6.54 Å². The fourth-order valence-corrected chi connectivity index (χ4v) is 2.42. The third kappa shape index (κ3) is 15.6. The fourth-order valence-electron chi connectivity index (χ4n) is 2.42. The molecule has 0 saturated carbocycles. The molecule has 0 aromatic carbocycles. The minimum atomic E-state index is 0.860. The summed E-state index contributed by atoms with van der Waals surface area (Å²) in [6, 6.07) is 0. The van der Waals surface area contributed by atoms with Crippen molar-refractivity contribution < 1.29 is 0 Å². The molecule has 0 rings (SSSR count). The maximum Gasteiger partial charge on any atom is -0.00773 e. The molecule has 1 heteroatoms. The van der Waals surface area contributed by atoms with Crippen molar-refractivity contribution in [2.24, 2.45) is 11.7 Å². The Hall–Kier alpha value is -0.300. The smallest absolute Gasteiger partial charge is 0.00773 e. The van der Waals surface area contributed by atoms with Gasteiger partial charge in [-0.05, 0) is 38.1 Å². The number of hydrogen-bond donors (Lipinski definition) is 1. The molecule has 0 aromatic heterocycles. The van der Waals surface area contributed by atoms with Crippen LogP contribution >= 0.6 is 0 Å². The van der Waals surface area contributed by atoms with E-state index in [0.29, 0.717) is 0 Å². The average molecular weight is 268 g/mol. The van der Waals surface area contributed by atoms with Gasteiger partial charge in [0.2, 0.25) is 0 Å². The molecule has 2 N–H and O–H groups in total. The average Bonchev–Trinajstić information content (AvgIpc) is 2.41. The Kier molecular flexibility index (Phi) is 15.5. The number of nitrogens with two attached hydrogens (primary N) is 1. The second-order valence-electron chi connectivity index (χ2n) is 6.01. The monoisotopic (exact) mass is 267 g/mol. The lowest BCUT2D eigenvalue weighted by molar-refractivity contribution is 0.500. The van der Waals surface area contributed by atoms with Gasteiger partial charge in [0.25, 0.3) is 0 Å². The largest absolute Gasteiger partial charge is 0.330 e. The van der Waals surface area contributed by atoms with Gasteiger partial charge in [0.05, 0.1) is 0 Å². The first-order valence-corrected chi connectivity index (χ1v) is 8.66. The van der Waals surface area contributed by atoms with E-state index in [9.17, 15) is 0 Å². The number of hydrogen-bond acceptors (Lipinski definition) is 1. The van der Waals surface area contributed by atoms with Crippen LogP contribution in [0.25, 0.3) is 0 Å². The molecule has 114 valence electrons. The van der Waals surface area contributed by atoms with Crippen LogP contribution in [0.1, 0.15) is 90.9 Å². The molecule has 0 radical (unpaired) electrons. The highest BCUT2D eigenvalue weighted by atomic mass is 14.5. The van der Waals surface area contributed by atoms with Crippen LogP contribution in [0.5, 0.6) is 0 Å². The van der Waals surface area contributed by atoms with E-state index in [1.165, 1.54) is 77.0 Å². The van der Waals surface area contributed by atoms with Gasteiger partial charge < -0.3 is 5.73 Å². The van der Waals surface area contributed by atoms with Gasteiger partial charge in [-0.25, -0.2) is 0 Å². The topological polar surface area (TPSA) is 26.0 Å². The van der Waals surface area contributed by atoms with Crippen molar-refractivity contribution in [1.29, 1.82) is 0 Å². The summed E-state index contributed by atoms with van der Waals surface area (Å²) in [6.07, 6.45) is 21.0. The Bertz CT molecular complexity index is 186.